The second-order valence-corrected chi connectivity index (χ2v) is 4.58. The summed E-state index contributed by atoms with van der Waals surface area (Å²) in [6.07, 6.45) is 0.264. The molecule has 0 heterocycles. The van der Waals surface area contributed by atoms with Crippen LogP contribution in [0.5, 0.6) is 0 Å². The van der Waals surface area contributed by atoms with Gasteiger partial charge < -0.3 is 21.7 Å². The van der Waals surface area contributed by atoms with Gasteiger partial charge in [0, 0.05) is 17.7 Å². The fraction of sp³-hybridized carbons (Fsp3) is 0.0667. The number of nitrogen functional groups attached to an aromatic ring is 2. The monoisotopic (exact) mass is 286 g/mol. The van der Waals surface area contributed by atoms with Gasteiger partial charge in [0.15, 0.2) is 0 Å². The van der Waals surface area contributed by atoms with Gasteiger partial charge in [-0.2, -0.15) is 0 Å². The first-order valence-corrected chi connectivity index (χ1v) is 6.12. The molecule has 6 nitrogen and oxygen atoms in total. The molecule has 2 rings (SSSR count). The van der Waals surface area contributed by atoms with E-state index in [-0.39, 0.29) is 23.2 Å². The zero-order chi connectivity index (χ0) is 15.6. The highest BCUT2D eigenvalue weighted by Gasteiger charge is 2.15. The second-order valence-electron chi connectivity index (χ2n) is 4.58. The molecular weight excluding hydrogens is 272 g/mol. The molecule has 0 amide bonds. The van der Waals surface area contributed by atoms with Gasteiger partial charge in [-0.05, 0) is 29.8 Å². The number of rotatable bonds is 4. The van der Waals surface area contributed by atoms with Crippen molar-refractivity contribution in [1.29, 1.82) is 0 Å². The summed E-state index contributed by atoms with van der Waals surface area (Å²) >= 11 is 0. The van der Waals surface area contributed by atoms with Crippen LogP contribution in [0.3, 0.4) is 0 Å². The lowest BCUT2D eigenvalue weighted by Gasteiger charge is -2.12. The number of carboxylic acids is 2. The molecule has 0 unspecified atom stereocenters. The second kappa shape index (κ2) is 5.54. The third kappa shape index (κ3) is 2.94. The van der Waals surface area contributed by atoms with E-state index in [0.29, 0.717) is 16.8 Å². The molecule has 6 heteroatoms. The van der Waals surface area contributed by atoms with Gasteiger partial charge >= 0.3 is 11.9 Å². The molecule has 0 radical (unpaired) electrons. The van der Waals surface area contributed by atoms with Crippen LogP contribution in [0.15, 0.2) is 36.4 Å². The summed E-state index contributed by atoms with van der Waals surface area (Å²) in [4.78, 5) is 22.0. The number of aromatic carboxylic acids is 2. The molecule has 21 heavy (non-hydrogen) atoms. The summed E-state index contributed by atoms with van der Waals surface area (Å²) in [6, 6.07) is 9.17. The van der Waals surface area contributed by atoms with E-state index in [1.54, 1.807) is 12.1 Å². The zero-order valence-corrected chi connectivity index (χ0v) is 11.0. The molecule has 6 N–H and O–H groups in total. The normalized spacial score (nSPS) is 10.3. The number of hydrogen-bond acceptors (Lipinski definition) is 4. The van der Waals surface area contributed by atoms with Gasteiger partial charge in [0.1, 0.15) is 0 Å². The number of hydrogen-bond donors (Lipinski definition) is 4. The minimum Gasteiger partial charge on any atom is -0.478 e. The van der Waals surface area contributed by atoms with E-state index in [1.807, 2.05) is 0 Å². The highest BCUT2D eigenvalue weighted by Crippen LogP contribution is 2.27. The Morgan fingerprint density at radius 3 is 2.33 bits per heavy atom. The standard InChI is InChI=1S/C15H14N2O4/c16-12-5-4-10(15(20)21)13(17)11(12)7-8-2-1-3-9(6-8)14(18)19/h1-6H,7,16-17H2,(H,18,19)(H,20,21). The number of nitrogens with two attached hydrogens (primary N) is 2. The number of carbonyl (C=O) groups is 2. The fourth-order valence-corrected chi connectivity index (χ4v) is 2.08. The maximum absolute atomic E-state index is 11.1. The van der Waals surface area contributed by atoms with Gasteiger partial charge in [0.25, 0.3) is 0 Å². The molecule has 0 saturated heterocycles. The predicted molar refractivity (Wildman–Crippen MR) is 78.4 cm³/mol. The van der Waals surface area contributed by atoms with Gasteiger partial charge in [0.2, 0.25) is 0 Å². The lowest BCUT2D eigenvalue weighted by molar-refractivity contribution is 0.0686. The summed E-state index contributed by atoms with van der Waals surface area (Å²) in [6.45, 7) is 0. The van der Waals surface area contributed by atoms with E-state index in [2.05, 4.69) is 0 Å². The molecule has 108 valence electrons. The summed E-state index contributed by atoms with van der Waals surface area (Å²) in [7, 11) is 0. The molecule has 0 aliphatic heterocycles. The van der Waals surface area contributed by atoms with Crippen LogP contribution in [0.4, 0.5) is 11.4 Å². The molecule has 2 aromatic carbocycles. The van der Waals surface area contributed by atoms with E-state index < -0.39 is 11.9 Å². The van der Waals surface area contributed by atoms with Crippen LogP contribution in [0.2, 0.25) is 0 Å². The first-order valence-electron chi connectivity index (χ1n) is 6.12. The van der Waals surface area contributed by atoms with Crippen LogP contribution >= 0.6 is 0 Å². The van der Waals surface area contributed by atoms with Crippen LogP contribution in [0.25, 0.3) is 0 Å². The van der Waals surface area contributed by atoms with E-state index >= 15 is 0 Å². The zero-order valence-electron chi connectivity index (χ0n) is 11.0. The van der Waals surface area contributed by atoms with Gasteiger partial charge in [-0.1, -0.05) is 12.1 Å². The Morgan fingerprint density at radius 1 is 1.00 bits per heavy atom. The Labute approximate surface area is 120 Å². The Bertz CT molecular complexity index is 726. The summed E-state index contributed by atoms with van der Waals surface area (Å²) < 4.78 is 0. The third-order valence-electron chi connectivity index (χ3n) is 3.18. The molecule has 0 fully saturated rings. The van der Waals surface area contributed by atoms with Gasteiger partial charge in [-0.3, -0.25) is 0 Å². The van der Waals surface area contributed by atoms with E-state index in [9.17, 15) is 9.59 Å². The van der Waals surface area contributed by atoms with Crippen molar-refractivity contribution in [3.05, 3.63) is 58.7 Å². The number of carboxylic acid groups (broad SMARTS) is 2. The van der Waals surface area contributed by atoms with Gasteiger partial charge in [-0.15, -0.1) is 0 Å². The lowest BCUT2D eigenvalue weighted by atomic mass is 9.97. The molecule has 0 saturated carbocycles. The van der Waals surface area contributed by atoms with Crippen molar-refractivity contribution >= 4 is 23.3 Å². The average molecular weight is 286 g/mol. The van der Waals surface area contributed by atoms with Crippen molar-refractivity contribution in [2.45, 2.75) is 6.42 Å². The predicted octanol–water partition coefficient (Wildman–Crippen LogP) is 1.84. The molecule has 0 aliphatic rings. The quantitative estimate of drug-likeness (QED) is 0.635. The van der Waals surface area contributed by atoms with Crippen molar-refractivity contribution < 1.29 is 19.8 Å². The van der Waals surface area contributed by atoms with Crippen molar-refractivity contribution in [3.8, 4) is 0 Å². The Hall–Kier alpha value is -3.02. The SMILES string of the molecule is Nc1ccc(C(=O)O)c(N)c1Cc1cccc(C(=O)O)c1. The maximum atomic E-state index is 11.1. The minimum absolute atomic E-state index is 0.0198. The summed E-state index contributed by atoms with van der Waals surface area (Å²) in [5.74, 6) is -2.16. The summed E-state index contributed by atoms with van der Waals surface area (Å²) in [5.41, 5.74) is 13.5. The molecule has 0 atom stereocenters. The Kier molecular flexibility index (Phi) is 3.80. The van der Waals surface area contributed by atoms with Crippen molar-refractivity contribution in [3.63, 3.8) is 0 Å². The van der Waals surface area contributed by atoms with Crippen LogP contribution in [0, 0.1) is 0 Å². The molecule has 0 bridgehead atoms. The van der Waals surface area contributed by atoms with Crippen LogP contribution in [-0.2, 0) is 6.42 Å². The van der Waals surface area contributed by atoms with Crippen LogP contribution in [0.1, 0.15) is 31.8 Å². The third-order valence-corrected chi connectivity index (χ3v) is 3.18. The summed E-state index contributed by atoms with van der Waals surface area (Å²) in [5, 5.41) is 18.0. The average Bonchev–Trinajstić information content (AvgIpc) is 2.43. The first kappa shape index (κ1) is 14.4. The highest BCUT2D eigenvalue weighted by atomic mass is 16.4. The molecule has 0 aromatic heterocycles. The smallest absolute Gasteiger partial charge is 0.337 e. The van der Waals surface area contributed by atoms with Crippen LogP contribution < -0.4 is 11.5 Å². The number of anilines is 2. The topological polar surface area (TPSA) is 127 Å². The Morgan fingerprint density at radius 2 is 1.71 bits per heavy atom. The van der Waals surface area contributed by atoms with Crippen molar-refractivity contribution in [1.82, 2.24) is 0 Å². The maximum Gasteiger partial charge on any atom is 0.337 e. The lowest BCUT2D eigenvalue weighted by Crippen LogP contribution is -2.09. The molecule has 2 aromatic rings. The fourth-order valence-electron chi connectivity index (χ4n) is 2.08. The number of benzene rings is 2. The van der Waals surface area contributed by atoms with E-state index in [4.69, 9.17) is 21.7 Å². The molecular formula is C15H14N2O4. The Balaban J connectivity index is 2.44. The van der Waals surface area contributed by atoms with Gasteiger partial charge in [-0.25, -0.2) is 9.59 Å². The van der Waals surface area contributed by atoms with Gasteiger partial charge in [0.05, 0.1) is 16.8 Å². The largest absolute Gasteiger partial charge is 0.478 e. The molecule has 0 aliphatic carbocycles. The van der Waals surface area contributed by atoms with Crippen molar-refractivity contribution in [2.24, 2.45) is 0 Å². The van der Waals surface area contributed by atoms with E-state index in [1.165, 1.54) is 24.3 Å². The first-order chi connectivity index (χ1) is 9.90. The van der Waals surface area contributed by atoms with Crippen molar-refractivity contribution in [2.75, 3.05) is 11.5 Å². The molecule has 0 spiro atoms. The highest BCUT2D eigenvalue weighted by molar-refractivity contribution is 5.95. The van der Waals surface area contributed by atoms with Crippen LogP contribution in [-0.4, -0.2) is 22.2 Å². The van der Waals surface area contributed by atoms with E-state index in [0.717, 1.165) is 0 Å². The minimum atomic E-state index is -1.13.